The lowest BCUT2D eigenvalue weighted by molar-refractivity contribution is -0.384. The lowest BCUT2D eigenvalue weighted by Gasteiger charge is -2.11. The quantitative estimate of drug-likeness (QED) is 0.286. The maximum Gasteiger partial charge on any atom is 0.293 e. The third kappa shape index (κ3) is 5.17. The molecular formula is C21H23N5O6S. The van der Waals surface area contributed by atoms with Crippen LogP contribution in [0.2, 0.25) is 0 Å². The Balaban J connectivity index is 1.69. The summed E-state index contributed by atoms with van der Waals surface area (Å²) in [5.41, 5.74) is 1.46. The van der Waals surface area contributed by atoms with Crippen LogP contribution in [0.15, 0.2) is 46.1 Å². The third-order valence-corrected chi connectivity index (χ3v) is 6.12. The number of amides is 1. The van der Waals surface area contributed by atoms with Crippen LogP contribution in [0, 0.1) is 17.0 Å². The maximum atomic E-state index is 12.5. The average Bonchev–Trinajstić information content (AvgIpc) is 2.76. The molecule has 3 aromatic rings. The van der Waals surface area contributed by atoms with E-state index in [4.69, 9.17) is 0 Å². The van der Waals surface area contributed by atoms with Gasteiger partial charge in [0, 0.05) is 37.5 Å². The molecule has 33 heavy (non-hydrogen) atoms. The van der Waals surface area contributed by atoms with Crippen molar-refractivity contribution in [3.63, 3.8) is 0 Å². The van der Waals surface area contributed by atoms with Crippen LogP contribution in [-0.2, 0) is 16.4 Å². The fourth-order valence-electron chi connectivity index (χ4n) is 3.35. The molecular weight excluding hydrogens is 450 g/mol. The molecule has 1 amide bonds. The lowest BCUT2D eigenvalue weighted by atomic mass is 10.1. The highest BCUT2D eigenvalue weighted by molar-refractivity contribution is 7.90. The van der Waals surface area contributed by atoms with Crippen molar-refractivity contribution in [2.75, 3.05) is 24.7 Å². The van der Waals surface area contributed by atoms with Crippen molar-refractivity contribution in [1.82, 2.24) is 14.9 Å². The van der Waals surface area contributed by atoms with E-state index in [9.17, 15) is 28.1 Å². The van der Waals surface area contributed by atoms with Crippen molar-refractivity contribution >= 4 is 38.2 Å². The molecule has 0 saturated carbocycles. The number of hydrogen-bond acceptors (Lipinski definition) is 8. The first-order chi connectivity index (χ1) is 15.5. The molecule has 1 aromatic heterocycles. The predicted molar refractivity (Wildman–Crippen MR) is 123 cm³/mol. The number of nitrogens with zero attached hydrogens (tertiary/aromatic N) is 3. The lowest BCUT2D eigenvalue weighted by Crippen LogP contribution is -2.29. The van der Waals surface area contributed by atoms with Crippen LogP contribution >= 0.6 is 0 Å². The first-order valence-corrected chi connectivity index (χ1v) is 11.9. The second kappa shape index (κ2) is 9.36. The molecule has 0 spiro atoms. The van der Waals surface area contributed by atoms with Gasteiger partial charge in [-0.1, -0.05) is 0 Å². The normalized spacial score (nSPS) is 11.4. The van der Waals surface area contributed by atoms with Gasteiger partial charge in [0.2, 0.25) is 0 Å². The number of sulfone groups is 1. The number of fused-ring (bicyclic) bond motifs is 1. The minimum absolute atomic E-state index is 0.143. The van der Waals surface area contributed by atoms with Crippen LogP contribution in [0.3, 0.4) is 0 Å². The minimum atomic E-state index is -3.58. The van der Waals surface area contributed by atoms with Crippen LogP contribution in [-0.4, -0.2) is 48.1 Å². The summed E-state index contributed by atoms with van der Waals surface area (Å²) in [7, 11) is -3.58. The number of carbonyl (C=O) groups excluding carboxylic acids is 1. The van der Waals surface area contributed by atoms with Gasteiger partial charge >= 0.3 is 0 Å². The Hall–Kier alpha value is -3.80. The van der Waals surface area contributed by atoms with Gasteiger partial charge in [0.25, 0.3) is 17.2 Å². The highest BCUT2D eigenvalue weighted by Crippen LogP contribution is 2.27. The Labute approximate surface area is 189 Å². The molecule has 0 saturated heterocycles. The van der Waals surface area contributed by atoms with E-state index in [-0.39, 0.29) is 40.8 Å². The highest BCUT2D eigenvalue weighted by atomic mass is 32.2. The number of nitro benzene ring substituents is 1. The number of hydrogen-bond donors (Lipinski definition) is 2. The number of rotatable bonds is 8. The van der Waals surface area contributed by atoms with E-state index in [0.717, 1.165) is 12.3 Å². The van der Waals surface area contributed by atoms with E-state index in [0.29, 0.717) is 28.8 Å². The highest BCUT2D eigenvalue weighted by Gasteiger charge is 2.18. The second-order valence-corrected chi connectivity index (χ2v) is 9.36. The number of anilines is 1. The maximum absolute atomic E-state index is 12.5. The fourth-order valence-corrected chi connectivity index (χ4v) is 3.99. The van der Waals surface area contributed by atoms with Crippen molar-refractivity contribution in [2.24, 2.45) is 0 Å². The van der Waals surface area contributed by atoms with Gasteiger partial charge in [0.1, 0.15) is 11.4 Å². The summed E-state index contributed by atoms with van der Waals surface area (Å²) in [5.74, 6) is -0.366. The van der Waals surface area contributed by atoms with Gasteiger partial charge in [-0.3, -0.25) is 19.7 Å². The van der Waals surface area contributed by atoms with E-state index >= 15 is 0 Å². The minimum Gasteiger partial charge on any atom is -0.378 e. The summed E-state index contributed by atoms with van der Waals surface area (Å²) >= 11 is 0. The van der Waals surface area contributed by atoms with Crippen molar-refractivity contribution in [2.45, 2.75) is 25.3 Å². The summed E-state index contributed by atoms with van der Waals surface area (Å²) in [4.78, 5) is 39.5. The zero-order chi connectivity index (χ0) is 24.3. The van der Waals surface area contributed by atoms with Gasteiger partial charge in [-0.2, -0.15) is 0 Å². The van der Waals surface area contributed by atoms with Crippen molar-refractivity contribution in [3.8, 4) is 0 Å². The molecule has 2 N–H and O–H groups in total. The summed E-state index contributed by atoms with van der Waals surface area (Å²) in [6.45, 7) is 4.28. The topological polar surface area (TPSA) is 153 Å². The molecule has 0 aliphatic carbocycles. The van der Waals surface area contributed by atoms with E-state index < -0.39 is 14.8 Å². The van der Waals surface area contributed by atoms with E-state index in [1.54, 1.807) is 29.7 Å². The van der Waals surface area contributed by atoms with E-state index in [1.165, 1.54) is 12.1 Å². The summed E-state index contributed by atoms with van der Waals surface area (Å²) in [6.07, 6.45) is 0.972. The smallest absolute Gasteiger partial charge is 0.293 e. The summed E-state index contributed by atoms with van der Waals surface area (Å²) in [6, 6.07) is 8.47. The first-order valence-electron chi connectivity index (χ1n) is 10.0. The first kappa shape index (κ1) is 23.9. The van der Waals surface area contributed by atoms with Gasteiger partial charge in [-0.25, -0.2) is 13.4 Å². The molecule has 0 aliphatic heterocycles. The summed E-state index contributed by atoms with van der Waals surface area (Å²) in [5, 5.41) is 16.8. The average molecular weight is 474 g/mol. The monoisotopic (exact) mass is 473 g/mol. The largest absolute Gasteiger partial charge is 0.378 e. The zero-order valence-electron chi connectivity index (χ0n) is 18.3. The molecule has 0 unspecified atom stereocenters. The number of carbonyl (C=O) groups is 1. The predicted octanol–water partition coefficient (Wildman–Crippen LogP) is 1.88. The van der Waals surface area contributed by atoms with Gasteiger partial charge in [-0.05, 0) is 44.2 Å². The fraction of sp³-hybridized carbons (Fsp3) is 0.286. The Morgan fingerprint density at radius 1 is 1.18 bits per heavy atom. The van der Waals surface area contributed by atoms with Gasteiger partial charge in [-0.15, -0.1) is 0 Å². The molecule has 12 heteroatoms. The Morgan fingerprint density at radius 2 is 1.91 bits per heavy atom. The number of nitro groups is 1. The molecule has 1 heterocycles. The van der Waals surface area contributed by atoms with E-state index in [2.05, 4.69) is 15.6 Å². The molecule has 0 radical (unpaired) electrons. The third-order valence-electron chi connectivity index (χ3n) is 5.01. The van der Waals surface area contributed by atoms with Crippen molar-refractivity contribution in [3.05, 3.63) is 68.1 Å². The number of aryl methyl sites for hydroxylation is 2. The number of nitrogens with one attached hydrogen (secondary N) is 2. The zero-order valence-corrected chi connectivity index (χ0v) is 19.1. The molecule has 174 valence electrons. The van der Waals surface area contributed by atoms with Crippen LogP contribution in [0.5, 0.6) is 0 Å². The van der Waals surface area contributed by atoms with Gasteiger partial charge in [0.05, 0.1) is 20.9 Å². The van der Waals surface area contributed by atoms with Crippen LogP contribution in [0.25, 0.3) is 11.0 Å². The molecule has 3 rings (SSSR count). The Kier molecular flexibility index (Phi) is 6.77. The van der Waals surface area contributed by atoms with E-state index in [1.807, 2.05) is 6.92 Å². The molecule has 2 aromatic carbocycles. The molecule has 11 nitrogen and oxygen atoms in total. The molecule has 0 atom stereocenters. The van der Waals surface area contributed by atoms with Gasteiger partial charge < -0.3 is 15.2 Å². The van der Waals surface area contributed by atoms with Gasteiger partial charge in [0.15, 0.2) is 9.84 Å². The molecule has 0 fully saturated rings. The summed E-state index contributed by atoms with van der Waals surface area (Å²) < 4.78 is 24.8. The van der Waals surface area contributed by atoms with Crippen LogP contribution in [0.1, 0.15) is 23.0 Å². The SMILES string of the molecule is CCn1c(=O)c(C)nc2cc(C(=O)NCCNc3ccc(S(C)(=O)=O)cc3[N+](=O)[O-])ccc21. The second-order valence-electron chi connectivity index (χ2n) is 7.34. The van der Waals surface area contributed by atoms with Crippen molar-refractivity contribution < 1.29 is 18.1 Å². The van der Waals surface area contributed by atoms with Crippen LogP contribution in [0.4, 0.5) is 11.4 Å². The number of benzene rings is 2. The van der Waals surface area contributed by atoms with Crippen molar-refractivity contribution in [1.29, 1.82) is 0 Å². The standard InChI is InChI=1S/C21H23N5O6S/c1-4-25-18-8-5-14(11-17(18)24-13(2)21(25)28)20(27)23-10-9-22-16-7-6-15(33(3,31)32)12-19(16)26(29)30/h5-8,11-12,22H,4,9-10H2,1-3H3,(H,23,27). The molecule has 0 aliphatic rings. The molecule has 0 bridgehead atoms. The van der Waals surface area contributed by atoms with Crippen LogP contribution < -0.4 is 16.2 Å². The Morgan fingerprint density at radius 3 is 2.55 bits per heavy atom. The Bertz CT molecular complexity index is 1410. The number of aromatic nitrogens is 2.